The molecule has 0 unspecified atom stereocenters. The second kappa shape index (κ2) is 9.37. The summed E-state index contributed by atoms with van der Waals surface area (Å²) in [7, 11) is 1.57. The van der Waals surface area contributed by atoms with Gasteiger partial charge in [0.05, 0.1) is 7.11 Å². The number of methoxy groups -OCH3 is 1. The molecular formula is C20H23NO4. The van der Waals surface area contributed by atoms with Gasteiger partial charge in [0.25, 0.3) is 5.91 Å². The van der Waals surface area contributed by atoms with Crippen molar-refractivity contribution in [3.05, 3.63) is 61.2 Å². The van der Waals surface area contributed by atoms with E-state index < -0.39 is 6.10 Å². The lowest BCUT2D eigenvalue weighted by molar-refractivity contribution is -0.122. The number of rotatable bonds is 9. The van der Waals surface area contributed by atoms with Crippen LogP contribution < -0.4 is 19.5 Å². The maximum atomic E-state index is 12.5. The van der Waals surface area contributed by atoms with Gasteiger partial charge in [-0.05, 0) is 30.7 Å². The van der Waals surface area contributed by atoms with Gasteiger partial charge in [-0.1, -0.05) is 37.8 Å². The maximum Gasteiger partial charge on any atom is 0.265 e. The smallest absolute Gasteiger partial charge is 0.265 e. The van der Waals surface area contributed by atoms with Crippen LogP contribution in [0.25, 0.3) is 0 Å². The van der Waals surface area contributed by atoms with Crippen LogP contribution in [-0.4, -0.2) is 25.7 Å². The Hall–Kier alpha value is -2.95. The third-order valence-electron chi connectivity index (χ3n) is 3.47. The molecule has 0 spiro atoms. The molecule has 0 aliphatic heterocycles. The van der Waals surface area contributed by atoms with Crippen LogP contribution in [0.2, 0.25) is 0 Å². The first-order valence-electron chi connectivity index (χ1n) is 8.12. The molecule has 0 fully saturated rings. The summed E-state index contributed by atoms with van der Waals surface area (Å²) in [4.78, 5) is 12.5. The van der Waals surface area contributed by atoms with Crippen molar-refractivity contribution in [3.8, 4) is 17.2 Å². The van der Waals surface area contributed by atoms with E-state index in [0.717, 1.165) is 0 Å². The van der Waals surface area contributed by atoms with Crippen molar-refractivity contribution >= 4 is 11.6 Å². The SMILES string of the molecule is C=CCOc1cccc(NC(=O)[C@H](CC)Oc2ccccc2OC)c1. The lowest BCUT2D eigenvalue weighted by Crippen LogP contribution is -2.32. The van der Waals surface area contributed by atoms with Crippen LogP contribution in [0.5, 0.6) is 17.2 Å². The van der Waals surface area contributed by atoms with Crippen molar-refractivity contribution in [3.63, 3.8) is 0 Å². The number of para-hydroxylation sites is 2. The molecular weight excluding hydrogens is 318 g/mol. The Morgan fingerprint density at radius 3 is 2.64 bits per heavy atom. The first kappa shape index (κ1) is 18.4. The number of benzene rings is 2. The summed E-state index contributed by atoms with van der Waals surface area (Å²) in [6.45, 7) is 5.91. The van der Waals surface area contributed by atoms with Gasteiger partial charge in [0.15, 0.2) is 17.6 Å². The fourth-order valence-electron chi connectivity index (χ4n) is 2.23. The van der Waals surface area contributed by atoms with E-state index in [1.165, 1.54) is 0 Å². The number of carbonyl (C=O) groups is 1. The summed E-state index contributed by atoms with van der Waals surface area (Å²) in [5, 5.41) is 2.86. The Morgan fingerprint density at radius 2 is 1.96 bits per heavy atom. The number of ether oxygens (including phenoxy) is 3. The Kier molecular flexibility index (Phi) is 6.89. The van der Waals surface area contributed by atoms with Gasteiger partial charge < -0.3 is 19.5 Å². The summed E-state index contributed by atoms with van der Waals surface area (Å²) in [5.74, 6) is 1.56. The molecule has 5 nitrogen and oxygen atoms in total. The van der Waals surface area contributed by atoms with Gasteiger partial charge in [0, 0.05) is 11.8 Å². The second-order valence-corrected chi connectivity index (χ2v) is 5.28. The van der Waals surface area contributed by atoms with E-state index >= 15 is 0 Å². The molecule has 1 N–H and O–H groups in total. The van der Waals surface area contributed by atoms with Crippen molar-refractivity contribution in [2.75, 3.05) is 19.0 Å². The molecule has 0 aliphatic carbocycles. The molecule has 25 heavy (non-hydrogen) atoms. The zero-order valence-corrected chi connectivity index (χ0v) is 14.5. The predicted molar refractivity (Wildman–Crippen MR) is 98.5 cm³/mol. The average Bonchev–Trinajstić information content (AvgIpc) is 2.64. The van der Waals surface area contributed by atoms with E-state index in [9.17, 15) is 4.79 Å². The van der Waals surface area contributed by atoms with E-state index in [1.54, 1.807) is 37.5 Å². The number of hydrogen-bond acceptors (Lipinski definition) is 4. The van der Waals surface area contributed by atoms with Crippen molar-refractivity contribution < 1.29 is 19.0 Å². The van der Waals surface area contributed by atoms with E-state index in [2.05, 4.69) is 11.9 Å². The van der Waals surface area contributed by atoms with Gasteiger partial charge in [-0.15, -0.1) is 0 Å². The zero-order chi connectivity index (χ0) is 18.1. The maximum absolute atomic E-state index is 12.5. The lowest BCUT2D eigenvalue weighted by Gasteiger charge is -2.19. The molecule has 0 saturated carbocycles. The molecule has 0 radical (unpaired) electrons. The highest BCUT2D eigenvalue weighted by molar-refractivity contribution is 5.94. The third kappa shape index (κ3) is 5.28. The predicted octanol–water partition coefficient (Wildman–Crippen LogP) is 4.06. The Labute approximate surface area is 148 Å². The molecule has 132 valence electrons. The van der Waals surface area contributed by atoms with Crippen molar-refractivity contribution in [2.24, 2.45) is 0 Å². The molecule has 0 aliphatic rings. The van der Waals surface area contributed by atoms with Gasteiger partial charge in [0.2, 0.25) is 0 Å². The molecule has 5 heteroatoms. The van der Waals surface area contributed by atoms with E-state index in [1.807, 2.05) is 31.2 Å². The average molecular weight is 341 g/mol. The van der Waals surface area contributed by atoms with E-state index in [4.69, 9.17) is 14.2 Å². The van der Waals surface area contributed by atoms with Crippen LogP contribution >= 0.6 is 0 Å². The normalized spacial score (nSPS) is 11.3. The summed E-state index contributed by atoms with van der Waals surface area (Å²) < 4.78 is 16.6. The van der Waals surface area contributed by atoms with Crippen LogP contribution in [0.15, 0.2) is 61.2 Å². The topological polar surface area (TPSA) is 56.8 Å². The molecule has 1 atom stereocenters. The van der Waals surface area contributed by atoms with Crippen LogP contribution in [0.3, 0.4) is 0 Å². The molecule has 2 rings (SSSR count). The Morgan fingerprint density at radius 1 is 1.20 bits per heavy atom. The molecule has 0 aromatic heterocycles. The number of anilines is 1. The van der Waals surface area contributed by atoms with Gasteiger partial charge >= 0.3 is 0 Å². The number of amides is 1. The number of hydrogen-bond donors (Lipinski definition) is 1. The fraction of sp³-hybridized carbons (Fsp3) is 0.250. The van der Waals surface area contributed by atoms with Crippen LogP contribution in [-0.2, 0) is 4.79 Å². The van der Waals surface area contributed by atoms with Gasteiger partial charge in [-0.25, -0.2) is 0 Å². The van der Waals surface area contributed by atoms with Crippen molar-refractivity contribution in [2.45, 2.75) is 19.4 Å². The summed E-state index contributed by atoms with van der Waals surface area (Å²) in [6.07, 6.45) is 1.56. The number of carbonyl (C=O) groups excluding carboxylic acids is 1. The van der Waals surface area contributed by atoms with Crippen LogP contribution in [0, 0.1) is 0 Å². The van der Waals surface area contributed by atoms with Gasteiger partial charge in [0.1, 0.15) is 12.4 Å². The monoisotopic (exact) mass is 341 g/mol. The van der Waals surface area contributed by atoms with Crippen molar-refractivity contribution in [1.29, 1.82) is 0 Å². The van der Waals surface area contributed by atoms with Gasteiger partial charge in [-0.3, -0.25) is 4.79 Å². The summed E-state index contributed by atoms with van der Waals surface area (Å²) in [6, 6.07) is 14.5. The van der Waals surface area contributed by atoms with Crippen LogP contribution in [0.4, 0.5) is 5.69 Å². The molecule has 0 saturated heterocycles. The molecule has 0 heterocycles. The zero-order valence-electron chi connectivity index (χ0n) is 14.5. The third-order valence-corrected chi connectivity index (χ3v) is 3.47. The minimum Gasteiger partial charge on any atom is -0.493 e. The molecule has 1 amide bonds. The molecule has 0 bridgehead atoms. The van der Waals surface area contributed by atoms with E-state index in [-0.39, 0.29) is 5.91 Å². The molecule has 2 aromatic rings. The second-order valence-electron chi connectivity index (χ2n) is 5.28. The molecule has 2 aromatic carbocycles. The quantitative estimate of drug-likeness (QED) is 0.699. The largest absolute Gasteiger partial charge is 0.493 e. The minimum absolute atomic E-state index is 0.228. The Balaban J connectivity index is 2.06. The van der Waals surface area contributed by atoms with Crippen LogP contribution in [0.1, 0.15) is 13.3 Å². The summed E-state index contributed by atoms with van der Waals surface area (Å²) >= 11 is 0. The van der Waals surface area contributed by atoms with Gasteiger partial charge in [-0.2, -0.15) is 0 Å². The highest BCUT2D eigenvalue weighted by Crippen LogP contribution is 2.27. The first-order valence-corrected chi connectivity index (χ1v) is 8.12. The highest BCUT2D eigenvalue weighted by Gasteiger charge is 2.20. The number of nitrogens with one attached hydrogen (secondary N) is 1. The minimum atomic E-state index is -0.631. The standard InChI is InChI=1S/C20H23NO4/c1-4-13-24-16-10-8-9-15(14-16)21-20(22)17(5-2)25-19-12-7-6-11-18(19)23-3/h4,6-12,14,17H,1,5,13H2,2-3H3,(H,21,22)/t17-/m0/s1. The summed E-state index contributed by atoms with van der Waals surface area (Å²) in [5.41, 5.74) is 0.647. The van der Waals surface area contributed by atoms with Crippen molar-refractivity contribution in [1.82, 2.24) is 0 Å². The fourth-order valence-corrected chi connectivity index (χ4v) is 2.23. The Bertz CT molecular complexity index is 714. The lowest BCUT2D eigenvalue weighted by atomic mass is 10.2. The van der Waals surface area contributed by atoms with E-state index in [0.29, 0.717) is 36.0 Å². The first-order chi connectivity index (χ1) is 12.2. The highest BCUT2D eigenvalue weighted by atomic mass is 16.5.